The van der Waals surface area contributed by atoms with E-state index in [-0.39, 0.29) is 17.4 Å². The zero-order chi connectivity index (χ0) is 18.0. The van der Waals surface area contributed by atoms with Gasteiger partial charge in [0.1, 0.15) is 11.6 Å². The standard InChI is InChI=1S/C19H18F2N2O2/c1-12(16-9-6-14(20)11-17(16)21)22-19(25)13-4-7-15(8-5-13)23-10-2-3-18(23)24/h4-9,11-12H,2-3,10H2,1H3,(H,22,25)/t12-/m1/s1. The summed E-state index contributed by atoms with van der Waals surface area (Å²) in [6.07, 6.45) is 1.38. The molecule has 0 aromatic heterocycles. The minimum atomic E-state index is -0.698. The molecular formula is C19H18F2N2O2. The molecular weight excluding hydrogens is 326 g/mol. The van der Waals surface area contributed by atoms with Crippen molar-refractivity contribution in [1.29, 1.82) is 0 Å². The third-order valence-electron chi connectivity index (χ3n) is 4.29. The van der Waals surface area contributed by atoms with Gasteiger partial charge in [0.2, 0.25) is 5.91 Å². The van der Waals surface area contributed by atoms with E-state index < -0.39 is 17.7 Å². The van der Waals surface area contributed by atoms with E-state index in [0.29, 0.717) is 18.5 Å². The second-order valence-corrected chi connectivity index (χ2v) is 6.06. The number of benzene rings is 2. The maximum atomic E-state index is 13.8. The van der Waals surface area contributed by atoms with Crippen molar-refractivity contribution in [3.63, 3.8) is 0 Å². The lowest BCUT2D eigenvalue weighted by Gasteiger charge is -2.17. The predicted molar refractivity (Wildman–Crippen MR) is 90.3 cm³/mol. The zero-order valence-corrected chi connectivity index (χ0v) is 13.8. The van der Waals surface area contributed by atoms with Crippen LogP contribution in [0, 0.1) is 11.6 Å². The second-order valence-electron chi connectivity index (χ2n) is 6.06. The molecule has 0 saturated carbocycles. The Balaban J connectivity index is 1.69. The fourth-order valence-electron chi connectivity index (χ4n) is 2.92. The Labute approximate surface area is 144 Å². The predicted octanol–water partition coefficient (Wildman–Crippen LogP) is 3.58. The van der Waals surface area contributed by atoms with Gasteiger partial charge in [-0.1, -0.05) is 6.07 Å². The van der Waals surface area contributed by atoms with E-state index >= 15 is 0 Å². The molecule has 6 heteroatoms. The molecule has 130 valence electrons. The van der Waals surface area contributed by atoms with Crippen LogP contribution >= 0.6 is 0 Å². The van der Waals surface area contributed by atoms with Gasteiger partial charge in [-0.25, -0.2) is 8.78 Å². The molecule has 1 N–H and O–H groups in total. The van der Waals surface area contributed by atoms with Gasteiger partial charge >= 0.3 is 0 Å². The van der Waals surface area contributed by atoms with E-state index in [4.69, 9.17) is 0 Å². The third kappa shape index (κ3) is 3.68. The molecule has 1 atom stereocenters. The molecule has 2 aromatic rings. The minimum absolute atomic E-state index is 0.0811. The molecule has 1 heterocycles. The average molecular weight is 344 g/mol. The van der Waals surface area contributed by atoms with Crippen LogP contribution in [-0.4, -0.2) is 18.4 Å². The fourth-order valence-corrected chi connectivity index (χ4v) is 2.92. The van der Waals surface area contributed by atoms with Crippen molar-refractivity contribution in [3.8, 4) is 0 Å². The molecule has 2 amide bonds. The molecule has 0 spiro atoms. The van der Waals surface area contributed by atoms with Crippen molar-refractivity contribution >= 4 is 17.5 Å². The number of nitrogens with zero attached hydrogens (tertiary/aromatic N) is 1. The maximum absolute atomic E-state index is 13.8. The first kappa shape index (κ1) is 17.1. The molecule has 2 aromatic carbocycles. The van der Waals surface area contributed by atoms with Gasteiger partial charge in [-0.2, -0.15) is 0 Å². The average Bonchev–Trinajstić information content (AvgIpc) is 3.00. The van der Waals surface area contributed by atoms with Crippen LogP contribution in [0.2, 0.25) is 0 Å². The molecule has 4 nitrogen and oxygen atoms in total. The minimum Gasteiger partial charge on any atom is -0.345 e. The van der Waals surface area contributed by atoms with Gasteiger partial charge in [0.15, 0.2) is 0 Å². The first-order chi connectivity index (χ1) is 12.0. The van der Waals surface area contributed by atoms with Gasteiger partial charge in [0.05, 0.1) is 6.04 Å². The summed E-state index contributed by atoms with van der Waals surface area (Å²) in [5.41, 5.74) is 1.38. The lowest BCUT2D eigenvalue weighted by atomic mass is 10.1. The van der Waals surface area contributed by atoms with E-state index in [1.807, 2.05) is 0 Å². The molecule has 1 aliphatic rings. The van der Waals surface area contributed by atoms with E-state index in [1.54, 1.807) is 36.1 Å². The first-order valence-corrected chi connectivity index (χ1v) is 8.12. The number of nitrogens with one attached hydrogen (secondary N) is 1. The lowest BCUT2D eigenvalue weighted by Crippen LogP contribution is -2.27. The van der Waals surface area contributed by atoms with Crippen LogP contribution in [0.5, 0.6) is 0 Å². The number of rotatable bonds is 4. The zero-order valence-electron chi connectivity index (χ0n) is 13.8. The largest absolute Gasteiger partial charge is 0.345 e. The van der Waals surface area contributed by atoms with Gasteiger partial charge in [-0.3, -0.25) is 9.59 Å². The number of carbonyl (C=O) groups excluding carboxylic acids is 2. The number of hydrogen-bond donors (Lipinski definition) is 1. The summed E-state index contributed by atoms with van der Waals surface area (Å²) in [6, 6.07) is 9.37. The summed E-state index contributed by atoms with van der Waals surface area (Å²) in [7, 11) is 0. The Kier molecular flexibility index (Phi) is 4.79. The lowest BCUT2D eigenvalue weighted by molar-refractivity contribution is -0.117. The second kappa shape index (κ2) is 7.01. The van der Waals surface area contributed by atoms with Crippen LogP contribution in [0.4, 0.5) is 14.5 Å². The number of halogens is 2. The van der Waals surface area contributed by atoms with E-state index in [1.165, 1.54) is 6.07 Å². The van der Waals surface area contributed by atoms with Gasteiger partial charge < -0.3 is 10.2 Å². The number of carbonyl (C=O) groups is 2. The van der Waals surface area contributed by atoms with Gasteiger partial charge in [0.25, 0.3) is 5.91 Å². The highest BCUT2D eigenvalue weighted by molar-refractivity contribution is 5.97. The molecule has 25 heavy (non-hydrogen) atoms. The summed E-state index contributed by atoms with van der Waals surface area (Å²) in [5.74, 6) is -1.64. The van der Waals surface area contributed by atoms with Gasteiger partial charge in [0, 0.05) is 35.8 Å². The Morgan fingerprint density at radius 2 is 1.88 bits per heavy atom. The maximum Gasteiger partial charge on any atom is 0.251 e. The molecule has 0 aliphatic carbocycles. The van der Waals surface area contributed by atoms with Crippen molar-refractivity contribution in [2.75, 3.05) is 11.4 Å². The Hall–Kier alpha value is -2.76. The molecule has 0 bridgehead atoms. The first-order valence-electron chi connectivity index (χ1n) is 8.12. The summed E-state index contributed by atoms with van der Waals surface area (Å²) < 4.78 is 26.8. The van der Waals surface area contributed by atoms with Crippen LogP contribution in [0.25, 0.3) is 0 Å². The van der Waals surface area contributed by atoms with Crippen molar-refractivity contribution in [2.24, 2.45) is 0 Å². The third-order valence-corrected chi connectivity index (χ3v) is 4.29. The molecule has 1 fully saturated rings. The van der Waals surface area contributed by atoms with Crippen molar-refractivity contribution in [3.05, 3.63) is 65.2 Å². The van der Waals surface area contributed by atoms with Gasteiger partial charge in [-0.05, 0) is 43.7 Å². The monoisotopic (exact) mass is 344 g/mol. The SMILES string of the molecule is C[C@@H](NC(=O)c1ccc(N2CCCC2=O)cc1)c1ccc(F)cc1F. The molecule has 0 radical (unpaired) electrons. The Bertz CT molecular complexity index is 806. The topological polar surface area (TPSA) is 49.4 Å². The van der Waals surface area contributed by atoms with Crippen LogP contribution in [-0.2, 0) is 4.79 Å². The molecule has 3 rings (SSSR count). The van der Waals surface area contributed by atoms with E-state index in [0.717, 1.165) is 24.2 Å². The van der Waals surface area contributed by atoms with Gasteiger partial charge in [-0.15, -0.1) is 0 Å². The van der Waals surface area contributed by atoms with Crippen LogP contribution in [0.3, 0.4) is 0 Å². The van der Waals surface area contributed by atoms with E-state index in [2.05, 4.69) is 5.32 Å². The molecule has 1 aliphatic heterocycles. The number of hydrogen-bond acceptors (Lipinski definition) is 2. The highest BCUT2D eigenvalue weighted by Crippen LogP contribution is 2.22. The highest BCUT2D eigenvalue weighted by atomic mass is 19.1. The Morgan fingerprint density at radius 1 is 1.16 bits per heavy atom. The summed E-state index contributed by atoms with van der Waals surface area (Å²) in [6.45, 7) is 2.32. The summed E-state index contributed by atoms with van der Waals surface area (Å²) in [4.78, 5) is 25.7. The fraction of sp³-hybridized carbons (Fsp3) is 0.263. The van der Waals surface area contributed by atoms with Crippen LogP contribution in [0.15, 0.2) is 42.5 Å². The quantitative estimate of drug-likeness (QED) is 0.922. The highest BCUT2D eigenvalue weighted by Gasteiger charge is 2.22. The number of anilines is 1. The van der Waals surface area contributed by atoms with Crippen molar-refractivity contribution in [1.82, 2.24) is 5.32 Å². The van der Waals surface area contributed by atoms with Crippen molar-refractivity contribution in [2.45, 2.75) is 25.8 Å². The van der Waals surface area contributed by atoms with Crippen LogP contribution in [0.1, 0.15) is 41.7 Å². The summed E-state index contributed by atoms with van der Waals surface area (Å²) >= 11 is 0. The molecule has 0 unspecified atom stereocenters. The van der Waals surface area contributed by atoms with Crippen molar-refractivity contribution < 1.29 is 18.4 Å². The molecule has 1 saturated heterocycles. The van der Waals surface area contributed by atoms with Crippen LogP contribution < -0.4 is 10.2 Å². The normalized spacial score (nSPS) is 15.3. The van der Waals surface area contributed by atoms with E-state index in [9.17, 15) is 18.4 Å². The Morgan fingerprint density at radius 3 is 2.48 bits per heavy atom. The summed E-state index contributed by atoms with van der Waals surface area (Å²) in [5, 5.41) is 2.69. The smallest absolute Gasteiger partial charge is 0.251 e. The number of amides is 2.